The Hall–Kier alpha value is -0.120. The Balaban J connectivity index is 1.90. The number of piperidine rings is 1. The fourth-order valence-corrected chi connectivity index (χ4v) is 3.91. The molecule has 0 radical (unpaired) electrons. The average molecular weight is 282 g/mol. The van der Waals surface area contributed by atoms with Crippen molar-refractivity contribution in [3.8, 4) is 0 Å². The van der Waals surface area contributed by atoms with Crippen molar-refractivity contribution in [1.29, 1.82) is 0 Å². The SMILES string of the molecule is CCNC(CO)(CN1CCC(C(C)(C)C)CC1)C1CC1. The van der Waals surface area contributed by atoms with E-state index in [1.807, 2.05) is 0 Å². The smallest absolute Gasteiger partial charge is 0.0628 e. The molecule has 118 valence electrons. The molecule has 0 amide bonds. The van der Waals surface area contributed by atoms with Gasteiger partial charge in [-0.2, -0.15) is 0 Å². The van der Waals surface area contributed by atoms with Gasteiger partial charge in [-0.25, -0.2) is 0 Å². The number of aliphatic hydroxyl groups excluding tert-OH is 1. The van der Waals surface area contributed by atoms with Crippen molar-refractivity contribution in [2.24, 2.45) is 17.3 Å². The van der Waals surface area contributed by atoms with Crippen molar-refractivity contribution in [3.05, 3.63) is 0 Å². The van der Waals surface area contributed by atoms with Gasteiger partial charge in [0.2, 0.25) is 0 Å². The third-order valence-corrected chi connectivity index (χ3v) is 5.49. The molecule has 2 rings (SSSR count). The molecular weight excluding hydrogens is 248 g/mol. The van der Waals surface area contributed by atoms with E-state index in [0.29, 0.717) is 11.3 Å². The number of likely N-dealkylation sites (tertiary alicyclic amines) is 1. The van der Waals surface area contributed by atoms with Crippen molar-refractivity contribution in [2.45, 2.75) is 58.9 Å². The highest BCUT2D eigenvalue weighted by atomic mass is 16.3. The summed E-state index contributed by atoms with van der Waals surface area (Å²) in [6, 6.07) is 0. The third kappa shape index (κ3) is 3.75. The van der Waals surface area contributed by atoms with E-state index in [1.54, 1.807) is 0 Å². The standard InChI is InChI=1S/C17H34N2O/c1-5-18-17(13-20,15-6-7-15)12-19-10-8-14(9-11-19)16(2,3)4/h14-15,18,20H,5-13H2,1-4H3. The molecule has 20 heavy (non-hydrogen) atoms. The van der Waals surface area contributed by atoms with Crippen LogP contribution in [0.4, 0.5) is 0 Å². The van der Waals surface area contributed by atoms with Gasteiger partial charge in [-0.05, 0) is 62.6 Å². The summed E-state index contributed by atoms with van der Waals surface area (Å²) in [5.41, 5.74) is 0.404. The minimum absolute atomic E-state index is 0.0384. The molecule has 1 unspecified atom stereocenters. The number of nitrogens with zero attached hydrogens (tertiary/aromatic N) is 1. The summed E-state index contributed by atoms with van der Waals surface area (Å²) in [7, 11) is 0. The van der Waals surface area contributed by atoms with E-state index in [0.717, 1.165) is 19.0 Å². The van der Waals surface area contributed by atoms with Crippen LogP contribution in [-0.2, 0) is 0 Å². The topological polar surface area (TPSA) is 35.5 Å². The van der Waals surface area contributed by atoms with E-state index >= 15 is 0 Å². The minimum Gasteiger partial charge on any atom is -0.394 e. The van der Waals surface area contributed by atoms with Crippen LogP contribution in [0, 0.1) is 17.3 Å². The van der Waals surface area contributed by atoms with Crippen LogP contribution < -0.4 is 5.32 Å². The lowest BCUT2D eigenvalue weighted by atomic mass is 9.75. The molecule has 0 aromatic heterocycles. The van der Waals surface area contributed by atoms with E-state index in [-0.39, 0.29) is 12.1 Å². The number of rotatable bonds is 6. The molecule has 3 heteroatoms. The summed E-state index contributed by atoms with van der Waals surface area (Å²) >= 11 is 0. The number of hydrogen-bond donors (Lipinski definition) is 2. The molecule has 1 saturated heterocycles. The van der Waals surface area contributed by atoms with Gasteiger partial charge in [-0.15, -0.1) is 0 Å². The van der Waals surface area contributed by atoms with Gasteiger partial charge >= 0.3 is 0 Å². The van der Waals surface area contributed by atoms with Gasteiger partial charge in [-0.3, -0.25) is 0 Å². The highest BCUT2D eigenvalue weighted by molar-refractivity contribution is 5.03. The summed E-state index contributed by atoms with van der Waals surface area (Å²) in [5, 5.41) is 13.5. The van der Waals surface area contributed by atoms with Gasteiger partial charge in [-0.1, -0.05) is 27.7 Å². The minimum atomic E-state index is -0.0384. The van der Waals surface area contributed by atoms with E-state index < -0.39 is 0 Å². The maximum Gasteiger partial charge on any atom is 0.0628 e. The molecule has 2 aliphatic rings. The summed E-state index contributed by atoms with van der Waals surface area (Å²) in [6.07, 6.45) is 5.18. The van der Waals surface area contributed by atoms with Crippen LogP contribution in [0.15, 0.2) is 0 Å². The first-order chi connectivity index (χ1) is 9.41. The van der Waals surface area contributed by atoms with E-state index in [1.165, 1.54) is 38.8 Å². The van der Waals surface area contributed by atoms with Crippen molar-refractivity contribution in [3.63, 3.8) is 0 Å². The lowest BCUT2D eigenvalue weighted by molar-refractivity contribution is 0.0552. The maximum atomic E-state index is 9.94. The quantitative estimate of drug-likeness (QED) is 0.786. The molecule has 1 aliphatic carbocycles. The number of aliphatic hydroxyl groups is 1. The van der Waals surface area contributed by atoms with Gasteiger partial charge in [0.1, 0.15) is 0 Å². The van der Waals surface area contributed by atoms with Gasteiger partial charge in [0, 0.05) is 6.54 Å². The van der Waals surface area contributed by atoms with Crippen molar-refractivity contribution in [2.75, 3.05) is 32.8 Å². The van der Waals surface area contributed by atoms with Crippen molar-refractivity contribution >= 4 is 0 Å². The fourth-order valence-electron chi connectivity index (χ4n) is 3.91. The number of likely N-dealkylation sites (N-methyl/N-ethyl adjacent to an activating group) is 1. The molecule has 1 saturated carbocycles. The van der Waals surface area contributed by atoms with Gasteiger partial charge < -0.3 is 15.3 Å². The zero-order chi connectivity index (χ0) is 14.8. The second-order valence-corrected chi connectivity index (χ2v) is 8.04. The van der Waals surface area contributed by atoms with Crippen LogP contribution in [0.5, 0.6) is 0 Å². The van der Waals surface area contributed by atoms with Crippen LogP contribution in [0.3, 0.4) is 0 Å². The lowest BCUT2D eigenvalue weighted by Gasteiger charge is -2.43. The zero-order valence-electron chi connectivity index (χ0n) is 13.9. The average Bonchev–Trinajstić information content (AvgIpc) is 3.22. The molecule has 2 N–H and O–H groups in total. The molecule has 3 nitrogen and oxygen atoms in total. The molecule has 0 aromatic rings. The van der Waals surface area contributed by atoms with Crippen LogP contribution >= 0.6 is 0 Å². The zero-order valence-corrected chi connectivity index (χ0v) is 13.9. The molecule has 1 aliphatic heterocycles. The number of hydrogen-bond acceptors (Lipinski definition) is 3. The van der Waals surface area contributed by atoms with Gasteiger partial charge in [0.15, 0.2) is 0 Å². The lowest BCUT2D eigenvalue weighted by Crippen LogP contribution is -2.59. The Labute approximate surface area is 125 Å². The molecule has 0 bridgehead atoms. The maximum absolute atomic E-state index is 9.94. The second-order valence-electron chi connectivity index (χ2n) is 8.04. The van der Waals surface area contributed by atoms with Gasteiger partial charge in [0.05, 0.1) is 12.1 Å². The first-order valence-electron chi connectivity index (χ1n) is 8.49. The Kier molecular flexibility index (Phi) is 5.14. The summed E-state index contributed by atoms with van der Waals surface area (Å²) < 4.78 is 0. The van der Waals surface area contributed by atoms with Crippen LogP contribution in [0.25, 0.3) is 0 Å². The Morgan fingerprint density at radius 3 is 2.05 bits per heavy atom. The van der Waals surface area contributed by atoms with E-state index in [2.05, 4.69) is 37.9 Å². The van der Waals surface area contributed by atoms with Crippen LogP contribution in [0.2, 0.25) is 0 Å². The molecule has 0 spiro atoms. The Morgan fingerprint density at radius 1 is 1.05 bits per heavy atom. The van der Waals surface area contributed by atoms with Crippen molar-refractivity contribution in [1.82, 2.24) is 10.2 Å². The Bertz CT molecular complexity index is 301. The normalized spacial score (nSPS) is 25.6. The van der Waals surface area contributed by atoms with Crippen LogP contribution in [0.1, 0.15) is 53.4 Å². The van der Waals surface area contributed by atoms with E-state index in [9.17, 15) is 5.11 Å². The molecular formula is C17H34N2O. The first kappa shape index (κ1) is 16.3. The monoisotopic (exact) mass is 282 g/mol. The second kappa shape index (κ2) is 6.33. The highest BCUT2D eigenvalue weighted by Crippen LogP contribution is 2.41. The van der Waals surface area contributed by atoms with E-state index in [4.69, 9.17) is 0 Å². The predicted octanol–water partition coefficient (Wildman–Crippen LogP) is 2.50. The Morgan fingerprint density at radius 2 is 1.65 bits per heavy atom. The fraction of sp³-hybridized carbons (Fsp3) is 1.00. The summed E-state index contributed by atoms with van der Waals surface area (Å²) in [5.74, 6) is 1.54. The third-order valence-electron chi connectivity index (χ3n) is 5.49. The van der Waals surface area contributed by atoms with Crippen molar-refractivity contribution < 1.29 is 5.11 Å². The van der Waals surface area contributed by atoms with Crippen LogP contribution in [-0.4, -0.2) is 48.3 Å². The molecule has 2 fully saturated rings. The molecule has 1 atom stereocenters. The largest absolute Gasteiger partial charge is 0.394 e. The molecule has 1 heterocycles. The van der Waals surface area contributed by atoms with Gasteiger partial charge in [0.25, 0.3) is 0 Å². The summed E-state index contributed by atoms with van der Waals surface area (Å²) in [6.45, 7) is 13.9. The molecule has 0 aromatic carbocycles. The first-order valence-corrected chi connectivity index (χ1v) is 8.49. The predicted molar refractivity (Wildman–Crippen MR) is 84.8 cm³/mol. The highest BCUT2D eigenvalue weighted by Gasteiger charge is 2.45. The summed E-state index contributed by atoms with van der Waals surface area (Å²) in [4.78, 5) is 2.58. The number of nitrogens with one attached hydrogen (secondary N) is 1.